The Hall–Kier alpha value is -1.52. The van der Waals surface area contributed by atoms with Crippen molar-refractivity contribution in [2.45, 2.75) is 13.0 Å². The third-order valence-electron chi connectivity index (χ3n) is 2.30. The number of fused-ring (bicyclic) bond motifs is 1. The SMILES string of the molecule is CNC(=O)N1CCc2[nH]ncc2C1. The predicted octanol–water partition coefficient (Wildman–Crippen LogP) is 0.107. The molecule has 0 spiro atoms. The molecule has 13 heavy (non-hydrogen) atoms. The number of urea groups is 1. The smallest absolute Gasteiger partial charge is 0.317 e. The zero-order valence-corrected chi connectivity index (χ0v) is 7.50. The molecule has 2 amide bonds. The van der Waals surface area contributed by atoms with Gasteiger partial charge in [-0.3, -0.25) is 5.10 Å². The maximum Gasteiger partial charge on any atom is 0.317 e. The predicted molar refractivity (Wildman–Crippen MR) is 47.2 cm³/mol. The van der Waals surface area contributed by atoms with Gasteiger partial charge >= 0.3 is 6.03 Å². The van der Waals surface area contributed by atoms with Crippen molar-refractivity contribution >= 4 is 6.03 Å². The molecule has 0 aliphatic carbocycles. The molecule has 5 nitrogen and oxygen atoms in total. The lowest BCUT2D eigenvalue weighted by Crippen LogP contribution is -2.41. The first-order valence-electron chi connectivity index (χ1n) is 4.29. The number of rotatable bonds is 0. The Morgan fingerprint density at radius 1 is 1.77 bits per heavy atom. The molecule has 0 saturated carbocycles. The number of nitrogens with one attached hydrogen (secondary N) is 2. The van der Waals surface area contributed by atoms with E-state index in [1.807, 2.05) is 0 Å². The van der Waals surface area contributed by atoms with Crippen LogP contribution in [0.1, 0.15) is 11.3 Å². The van der Waals surface area contributed by atoms with Gasteiger partial charge in [-0.1, -0.05) is 0 Å². The van der Waals surface area contributed by atoms with Crippen molar-refractivity contribution in [3.8, 4) is 0 Å². The summed E-state index contributed by atoms with van der Waals surface area (Å²) in [5, 5.41) is 9.48. The lowest BCUT2D eigenvalue weighted by Gasteiger charge is -2.25. The number of amides is 2. The molecule has 1 aliphatic heterocycles. The van der Waals surface area contributed by atoms with E-state index in [4.69, 9.17) is 0 Å². The van der Waals surface area contributed by atoms with Gasteiger partial charge in [0.1, 0.15) is 0 Å². The highest BCUT2D eigenvalue weighted by molar-refractivity contribution is 5.74. The van der Waals surface area contributed by atoms with E-state index in [0.29, 0.717) is 6.54 Å². The number of hydrogen-bond donors (Lipinski definition) is 2. The number of carbonyl (C=O) groups excluding carboxylic acids is 1. The Balaban J connectivity index is 2.13. The summed E-state index contributed by atoms with van der Waals surface area (Å²) in [6, 6.07) is -0.0214. The monoisotopic (exact) mass is 180 g/mol. The average molecular weight is 180 g/mol. The quantitative estimate of drug-likeness (QED) is 0.595. The molecular weight excluding hydrogens is 168 g/mol. The molecule has 2 heterocycles. The average Bonchev–Trinajstić information content (AvgIpc) is 2.63. The third kappa shape index (κ3) is 1.37. The van der Waals surface area contributed by atoms with Crippen molar-refractivity contribution in [3.05, 3.63) is 17.5 Å². The van der Waals surface area contributed by atoms with Crippen LogP contribution in [0.3, 0.4) is 0 Å². The molecule has 0 saturated heterocycles. The maximum atomic E-state index is 11.3. The molecule has 2 N–H and O–H groups in total. The Morgan fingerprint density at radius 3 is 3.38 bits per heavy atom. The number of aromatic amines is 1. The van der Waals surface area contributed by atoms with Crippen LogP contribution in [0.25, 0.3) is 0 Å². The highest BCUT2D eigenvalue weighted by Crippen LogP contribution is 2.15. The van der Waals surface area contributed by atoms with Crippen LogP contribution in [0.5, 0.6) is 0 Å². The van der Waals surface area contributed by atoms with Gasteiger partial charge in [-0.25, -0.2) is 4.79 Å². The molecule has 0 atom stereocenters. The van der Waals surface area contributed by atoms with Crippen LogP contribution in [0, 0.1) is 0 Å². The molecule has 5 heteroatoms. The largest absolute Gasteiger partial charge is 0.341 e. The molecular formula is C8H12N4O. The van der Waals surface area contributed by atoms with Crippen LogP contribution in [0.2, 0.25) is 0 Å². The fourth-order valence-electron chi connectivity index (χ4n) is 1.55. The topological polar surface area (TPSA) is 61.0 Å². The second-order valence-electron chi connectivity index (χ2n) is 3.10. The lowest BCUT2D eigenvalue weighted by atomic mass is 10.1. The fraction of sp³-hybridized carbons (Fsp3) is 0.500. The molecule has 0 fully saturated rings. The second-order valence-corrected chi connectivity index (χ2v) is 3.10. The molecule has 1 aromatic heterocycles. The minimum Gasteiger partial charge on any atom is -0.341 e. The zero-order valence-electron chi connectivity index (χ0n) is 7.50. The summed E-state index contributed by atoms with van der Waals surface area (Å²) in [6.45, 7) is 1.42. The summed E-state index contributed by atoms with van der Waals surface area (Å²) in [5.41, 5.74) is 2.27. The molecule has 0 unspecified atom stereocenters. The van der Waals surface area contributed by atoms with Crippen molar-refractivity contribution in [2.75, 3.05) is 13.6 Å². The number of H-pyrrole nitrogens is 1. The number of carbonyl (C=O) groups is 1. The van der Waals surface area contributed by atoms with Gasteiger partial charge in [-0.15, -0.1) is 0 Å². The standard InChI is InChI=1S/C8H12N4O/c1-9-8(13)12-3-2-7-6(5-12)4-10-11-7/h4H,2-3,5H2,1H3,(H,9,13)(H,10,11). The van der Waals surface area contributed by atoms with Crippen LogP contribution >= 0.6 is 0 Å². The van der Waals surface area contributed by atoms with Crippen molar-refractivity contribution in [2.24, 2.45) is 0 Å². The van der Waals surface area contributed by atoms with Gasteiger partial charge < -0.3 is 10.2 Å². The van der Waals surface area contributed by atoms with Gasteiger partial charge in [-0.05, 0) is 0 Å². The van der Waals surface area contributed by atoms with Crippen molar-refractivity contribution in [3.63, 3.8) is 0 Å². The number of nitrogens with zero attached hydrogens (tertiary/aromatic N) is 2. The first-order valence-corrected chi connectivity index (χ1v) is 4.29. The van der Waals surface area contributed by atoms with E-state index >= 15 is 0 Å². The zero-order chi connectivity index (χ0) is 9.26. The number of aromatic nitrogens is 2. The maximum absolute atomic E-state index is 11.3. The van der Waals surface area contributed by atoms with E-state index in [9.17, 15) is 4.79 Å². The van der Waals surface area contributed by atoms with Crippen molar-refractivity contribution in [1.29, 1.82) is 0 Å². The van der Waals surface area contributed by atoms with E-state index < -0.39 is 0 Å². The van der Waals surface area contributed by atoms with E-state index in [1.54, 1.807) is 18.1 Å². The molecule has 2 rings (SSSR count). The van der Waals surface area contributed by atoms with Gasteiger partial charge in [0.15, 0.2) is 0 Å². The van der Waals surface area contributed by atoms with E-state index in [0.717, 1.165) is 24.2 Å². The summed E-state index contributed by atoms with van der Waals surface area (Å²) >= 11 is 0. The van der Waals surface area contributed by atoms with Crippen molar-refractivity contribution < 1.29 is 4.79 Å². The first-order chi connectivity index (χ1) is 6.31. The summed E-state index contributed by atoms with van der Waals surface area (Å²) in [5.74, 6) is 0. The molecule has 70 valence electrons. The Kier molecular flexibility index (Phi) is 1.92. The second kappa shape index (κ2) is 3.08. The first kappa shape index (κ1) is 8.10. The normalized spacial score (nSPS) is 15.3. The lowest BCUT2D eigenvalue weighted by molar-refractivity contribution is 0.194. The minimum atomic E-state index is -0.0214. The van der Waals surface area contributed by atoms with Crippen LogP contribution in [-0.4, -0.2) is 34.7 Å². The van der Waals surface area contributed by atoms with Gasteiger partial charge in [0.05, 0.1) is 12.7 Å². The van der Waals surface area contributed by atoms with Gasteiger partial charge in [-0.2, -0.15) is 5.10 Å². The van der Waals surface area contributed by atoms with Crippen LogP contribution in [-0.2, 0) is 13.0 Å². The van der Waals surface area contributed by atoms with Gasteiger partial charge in [0, 0.05) is 31.3 Å². The molecule has 1 aromatic rings. The highest BCUT2D eigenvalue weighted by atomic mass is 16.2. The Labute approximate surface area is 76.1 Å². The van der Waals surface area contributed by atoms with E-state index in [2.05, 4.69) is 15.5 Å². The Morgan fingerprint density at radius 2 is 2.62 bits per heavy atom. The van der Waals surface area contributed by atoms with E-state index in [1.165, 1.54) is 0 Å². The third-order valence-corrected chi connectivity index (χ3v) is 2.30. The van der Waals surface area contributed by atoms with Crippen LogP contribution < -0.4 is 5.32 Å². The highest BCUT2D eigenvalue weighted by Gasteiger charge is 2.20. The van der Waals surface area contributed by atoms with E-state index in [-0.39, 0.29) is 6.03 Å². The van der Waals surface area contributed by atoms with Crippen molar-refractivity contribution in [1.82, 2.24) is 20.4 Å². The summed E-state index contributed by atoms with van der Waals surface area (Å²) in [4.78, 5) is 13.1. The molecule has 0 radical (unpaired) electrons. The fourth-order valence-corrected chi connectivity index (χ4v) is 1.55. The summed E-state index contributed by atoms with van der Waals surface area (Å²) in [6.07, 6.45) is 2.65. The Bertz CT molecular complexity index is 320. The van der Waals surface area contributed by atoms with Crippen LogP contribution in [0.4, 0.5) is 4.79 Å². The minimum absolute atomic E-state index is 0.0214. The summed E-state index contributed by atoms with van der Waals surface area (Å²) < 4.78 is 0. The van der Waals surface area contributed by atoms with Crippen LogP contribution in [0.15, 0.2) is 6.20 Å². The number of hydrogen-bond acceptors (Lipinski definition) is 2. The van der Waals surface area contributed by atoms with Gasteiger partial charge in [0.25, 0.3) is 0 Å². The summed E-state index contributed by atoms with van der Waals surface area (Å²) in [7, 11) is 1.65. The molecule has 0 bridgehead atoms. The van der Waals surface area contributed by atoms with Gasteiger partial charge in [0.2, 0.25) is 0 Å². The molecule has 0 aromatic carbocycles. The molecule has 1 aliphatic rings.